The molecule has 5 heteroatoms. The number of carboxylic acids is 1. The first-order valence-corrected chi connectivity index (χ1v) is 6.86. The van der Waals surface area contributed by atoms with Crippen LogP contribution in [0.4, 0.5) is 5.13 Å². The third-order valence-corrected chi connectivity index (χ3v) is 3.23. The van der Waals surface area contributed by atoms with Crippen LogP contribution in [0.1, 0.15) is 38.8 Å². The third-order valence-electron chi connectivity index (χ3n) is 2.38. The maximum atomic E-state index is 10.4. The van der Waals surface area contributed by atoms with Crippen LogP contribution in [0.15, 0.2) is 5.38 Å². The number of nitrogens with one attached hydrogen (secondary N) is 1. The van der Waals surface area contributed by atoms with Crippen molar-refractivity contribution in [2.24, 2.45) is 5.92 Å². The van der Waals surface area contributed by atoms with Gasteiger partial charge in [0.15, 0.2) is 5.13 Å². The highest BCUT2D eigenvalue weighted by atomic mass is 32.1. The highest BCUT2D eigenvalue weighted by Crippen LogP contribution is 2.16. The van der Waals surface area contributed by atoms with Crippen LogP contribution in [0, 0.1) is 5.92 Å². The summed E-state index contributed by atoms with van der Waals surface area (Å²) in [6.45, 7) is 5.37. The second-order valence-electron chi connectivity index (χ2n) is 4.50. The van der Waals surface area contributed by atoms with Crippen molar-refractivity contribution < 1.29 is 9.90 Å². The average molecular weight is 256 g/mol. The standard InChI is InChI=1S/C12H20N2O2S/c1-9(2)4-3-7-13-12-14-10(8-17-12)5-6-11(15)16/h8-9H,3-7H2,1-2H3,(H,13,14)(H,15,16). The summed E-state index contributed by atoms with van der Waals surface area (Å²) < 4.78 is 0. The van der Waals surface area contributed by atoms with Crippen molar-refractivity contribution in [1.29, 1.82) is 0 Å². The van der Waals surface area contributed by atoms with E-state index in [1.165, 1.54) is 6.42 Å². The molecule has 96 valence electrons. The minimum Gasteiger partial charge on any atom is -0.481 e. The fourth-order valence-electron chi connectivity index (χ4n) is 1.44. The molecule has 0 atom stereocenters. The van der Waals surface area contributed by atoms with Gasteiger partial charge in [-0.1, -0.05) is 13.8 Å². The van der Waals surface area contributed by atoms with Gasteiger partial charge in [0.1, 0.15) is 0 Å². The topological polar surface area (TPSA) is 62.2 Å². The molecule has 4 nitrogen and oxygen atoms in total. The minimum atomic E-state index is -0.774. The van der Waals surface area contributed by atoms with Gasteiger partial charge in [-0.3, -0.25) is 4.79 Å². The van der Waals surface area contributed by atoms with Gasteiger partial charge < -0.3 is 10.4 Å². The van der Waals surface area contributed by atoms with Gasteiger partial charge in [0, 0.05) is 18.3 Å². The highest BCUT2D eigenvalue weighted by molar-refractivity contribution is 7.13. The summed E-state index contributed by atoms with van der Waals surface area (Å²) in [5, 5.41) is 14.7. The normalized spacial score (nSPS) is 10.8. The molecule has 1 rings (SSSR count). The lowest BCUT2D eigenvalue weighted by atomic mass is 10.1. The monoisotopic (exact) mass is 256 g/mol. The van der Waals surface area contributed by atoms with Crippen LogP contribution in [0.25, 0.3) is 0 Å². The van der Waals surface area contributed by atoms with E-state index in [0.29, 0.717) is 6.42 Å². The zero-order valence-corrected chi connectivity index (χ0v) is 11.2. The Kier molecular flexibility index (Phi) is 5.97. The van der Waals surface area contributed by atoms with Crippen LogP contribution >= 0.6 is 11.3 Å². The lowest BCUT2D eigenvalue weighted by Crippen LogP contribution is -2.03. The Bertz CT molecular complexity index is 350. The summed E-state index contributed by atoms with van der Waals surface area (Å²) in [5.41, 5.74) is 0.865. The number of thiazole rings is 1. The largest absolute Gasteiger partial charge is 0.481 e. The van der Waals surface area contributed by atoms with Crippen molar-refractivity contribution in [2.75, 3.05) is 11.9 Å². The van der Waals surface area contributed by atoms with Gasteiger partial charge in [-0.25, -0.2) is 4.98 Å². The van der Waals surface area contributed by atoms with Crippen molar-refractivity contribution in [3.05, 3.63) is 11.1 Å². The summed E-state index contributed by atoms with van der Waals surface area (Å²) >= 11 is 1.54. The van der Waals surface area contributed by atoms with Crippen LogP contribution in [-0.2, 0) is 11.2 Å². The fraction of sp³-hybridized carbons (Fsp3) is 0.667. The molecule has 1 aromatic heterocycles. The Morgan fingerprint density at radius 2 is 2.35 bits per heavy atom. The molecular formula is C12H20N2O2S. The summed E-state index contributed by atoms with van der Waals surface area (Å²) in [4.78, 5) is 14.8. The SMILES string of the molecule is CC(C)CCCNc1nc(CCC(=O)O)cs1. The van der Waals surface area contributed by atoms with Crippen LogP contribution < -0.4 is 5.32 Å². The number of hydrogen-bond donors (Lipinski definition) is 2. The maximum absolute atomic E-state index is 10.4. The van der Waals surface area contributed by atoms with Crippen LogP contribution in [0.3, 0.4) is 0 Å². The molecule has 0 unspecified atom stereocenters. The summed E-state index contributed by atoms with van der Waals surface area (Å²) in [5.74, 6) is -0.0383. The molecule has 0 fully saturated rings. The van der Waals surface area contributed by atoms with Gasteiger partial charge in [-0.2, -0.15) is 0 Å². The predicted octanol–water partition coefficient (Wildman–Crippen LogP) is 3.01. The number of nitrogens with zero attached hydrogens (tertiary/aromatic N) is 1. The minimum absolute atomic E-state index is 0.149. The van der Waals surface area contributed by atoms with Gasteiger partial charge in [0.2, 0.25) is 0 Å². The molecule has 2 N–H and O–H groups in total. The number of carbonyl (C=O) groups is 1. The number of rotatable bonds is 8. The Hall–Kier alpha value is -1.10. The molecule has 0 aliphatic rings. The van der Waals surface area contributed by atoms with Crippen LogP contribution in [0.5, 0.6) is 0 Å². The van der Waals surface area contributed by atoms with Gasteiger partial charge >= 0.3 is 5.97 Å². The van der Waals surface area contributed by atoms with Crippen molar-refractivity contribution in [3.63, 3.8) is 0 Å². The van der Waals surface area contributed by atoms with E-state index in [0.717, 1.165) is 29.7 Å². The van der Waals surface area contributed by atoms with E-state index >= 15 is 0 Å². The predicted molar refractivity (Wildman–Crippen MR) is 70.6 cm³/mol. The van der Waals surface area contributed by atoms with E-state index in [1.54, 1.807) is 11.3 Å². The lowest BCUT2D eigenvalue weighted by Gasteiger charge is -2.04. The van der Waals surface area contributed by atoms with Crippen LogP contribution in [-0.4, -0.2) is 22.6 Å². The summed E-state index contributed by atoms with van der Waals surface area (Å²) in [6, 6.07) is 0. The third kappa shape index (κ3) is 6.26. The summed E-state index contributed by atoms with van der Waals surface area (Å²) in [7, 11) is 0. The fourth-order valence-corrected chi connectivity index (χ4v) is 2.22. The Labute approximate surface area is 106 Å². The van der Waals surface area contributed by atoms with Crippen LogP contribution in [0.2, 0.25) is 0 Å². The molecule has 0 aromatic carbocycles. The number of aryl methyl sites for hydroxylation is 1. The molecular weight excluding hydrogens is 236 g/mol. The van der Waals surface area contributed by atoms with Gasteiger partial charge in [0.05, 0.1) is 12.1 Å². The molecule has 1 aromatic rings. The Balaban J connectivity index is 2.23. The quantitative estimate of drug-likeness (QED) is 0.702. The maximum Gasteiger partial charge on any atom is 0.303 e. The first-order chi connectivity index (χ1) is 8.08. The highest BCUT2D eigenvalue weighted by Gasteiger charge is 2.04. The van der Waals surface area contributed by atoms with Gasteiger partial charge in [0.25, 0.3) is 0 Å². The van der Waals surface area contributed by atoms with E-state index in [-0.39, 0.29) is 6.42 Å². The van der Waals surface area contributed by atoms with E-state index in [9.17, 15) is 4.79 Å². The molecule has 0 saturated heterocycles. The average Bonchev–Trinajstić information content (AvgIpc) is 2.69. The van der Waals surface area contributed by atoms with Gasteiger partial charge in [-0.05, 0) is 18.8 Å². The molecule has 0 amide bonds. The Morgan fingerprint density at radius 1 is 1.59 bits per heavy atom. The Morgan fingerprint density at radius 3 is 3.00 bits per heavy atom. The van der Waals surface area contributed by atoms with E-state index in [4.69, 9.17) is 5.11 Å². The first-order valence-electron chi connectivity index (χ1n) is 5.98. The molecule has 0 radical (unpaired) electrons. The smallest absolute Gasteiger partial charge is 0.303 e. The second kappa shape index (κ2) is 7.27. The summed E-state index contributed by atoms with van der Waals surface area (Å²) in [6.07, 6.45) is 3.02. The van der Waals surface area contributed by atoms with Gasteiger partial charge in [-0.15, -0.1) is 11.3 Å². The van der Waals surface area contributed by atoms with E-state index in [2.05, 4.69) is 24.1 Å². The van der Waals surface area contributed by atoms with Crippen molar-refractivity contribution in [3.8, 4) is 0 Å². The zero-order valence-electron chi connectivity index (χ0n) is 10.4. The number of aliphatic carboxylic acids is 1. The lowest BCUT2D eigenvalue weighted by molar-refractivity contribution is -0.136. The number of carboxylic acid groups (broad SMARTS) is 1. The molecule has 0 spiro atoms. The van der Waals surface area contributed by atoms with E-state index in [1.807, 2.05) is 5.38 Å². The van der Waals surface area contributed by atoms with Crippen molar-refractivity contribution in [2.45, 2.75) is 39.5 Å². The number of hydrogen-bond acceptors (Lipinski definition) is 4. The zero-order chi connectivity index (χ0) is 12.7. The molecule has 0 bridgehead atoms. The van der Waals surface area contributed by atoms with E-state index < -0.39 is 5.97 Å². The van der Waals surface area contributed by atoms with Crippen molar-refractivity contribution in [1.82, 2.24) is 4.98 Å². The molecule has 1 heterocycles. The molecule has 0 aliphatic carbocycles. The first kappa shape index (κ1) is 14.0. The molecule has 0 saturated carbocycles. The molecule has 17 heavy (non-hydrogen) atoms. The second-order valence-corrected chi connectivity index (χ2v) is 5.36. The van der Waals surface area contributed by atoms with Crippen molar-refractivity contribution >= 4 is 22.4 Å². The molecule has 0 aliphatic heterocycles. The number of anilines is 1. The number of aromatic nitrogens is 1.